The van der Waals surface area contributed by atoms with Crippen LogP contribution >= 0.6 is 0 Å². The molecule has 0 radical (unpaired) electrons. The standard InChI is InChI=1S/C49H93NO5/c1-4-7-10-13-16-19-20-21-22-23-24-25-26-27-28-30-33-36-39-42-49(54)55-45(40-37-34-31-18-15-12-9-6-3)43-48(53)50-46(44-51)47(52)41-38-35-32-29-17-14-11-8-5-2/h12,15,21-22,45-47,51-52H,4-11,13-14,16-20,23-44H2,1-3H3,(H,50,53)/b15-12-,22-21+. The number of hydrogen-bond donors (Lipinski definition) is 3. The highest BCUT2D eigenvalue weighted by Crippen LogP contribution is 2.17. The van der Waals surface area contributed by atoms with E-state index in [2.05, 4.69) is 50.4 Å². The van der Waals surface area contributed by atoms with Crippen LogP contribution in [0.2, 0.25) is 0 Å². The molecule has 3 atom stereocenters. The van der Waals surface area contributed by atoms with Gasteiger partial charge in [-0.05, 0) is 70.6 Å². The maximum absolute atomic E-state index is 13.1. The normalized spacial score (nSPS) is 13.5. The van der Waals surface area contributed by atoms with E-state index in [0.29, 0.717) is 19.3 Å². The average molecular weight is 776 g/mol. The summed E-state index contributed by atoms with van der Waals surface area (Å²) in [6.45, 7) is 6.39. The Morgan fingerprint density at radius 3 is 1.38 bits per heavy atom. The molecule has 0 saturated carbocycles. The zero-order chi connectivity index (χ0) is 40.3. The molecule has 0 spiro atoms. The smallest absolute Gasteiger partial charge is 0.306 e. The number of ether oxygens (including phenoxy) is 1. The SMILES string of the molecule is CCC/C=C\CCCCCC(CC(=O)NC(CO)C(O)CCCCCCCCCCC)OC(=O)CCCCCCCCCCC/C=C/CCCCCCCC. The molecular formula is C49H93NO5. The molecule has 1 amide bonds. The summed E-state index contributed by atoms with van der Waals surface area (Å²) in [5.74, 6) is -0.490. The largest absolute Gasteiger partial charge is 0.462 e. The number of carbonyl (C=O) groups is 2. The Balaban J connectivity index is 4.37. The number of allylic oxidation sites excluding steroid dienone is 4. The molecule has 6 heteroatoms. The topological polar surface area (TPSA) is 95.9 Å². The Kier molecular flexibility index (Phi) is 42.2. The van der Waals surface area contributed by atoms with Gasteiger partial charge >= 0.3 is 5.97 Å². The first-order chi connectivity index (χ1) is 27.0. The number of unbranched alkanes of at least 4 members (excludes halogenated alkanes) is 27. The zero-order valence-corrected chi connectivity index (χ0v) is 36.8. The molecule has 324 valence electrons. The second kappa shape index (κ2) is 43.5. The summed E-state index contributed by atoms with van der Waals surface area (Å²) in [5, 5.41) is 23.5. The van der Waals surface area contributed by atoms with Crippen molar-refractivity contribution in [1.82, 2.24) is 5.32 Å². The molecule has 0 heterocycles. The molecule has 0 fully saturated rings. The second-order valence-corrected chi connectivity index (χ2v) is 16.5. The lowest BCUT2D eigenvalue weighted by Gasteiger charge is -2.24. The quantitative estimate of drug-likeness (QED) is 0.0326. The molecule has 0 aromatic carbocycles. The predicted octanol–water partition coefficient (Wildman–Crippen LogP) is 14.0. The van der Waals surface area contributed by atoms with Crippen LogP contribution in [0.3, 0.4) is 0 Å². The van der Waals surface area contributed by atoms with Gasteiger partial charge in [0.15, 0.2) is 0 Å². The van der Waals surface area contributed by atoms with Gasteiger partial charge in [0.2, 0.25) is 5.91 Å². The molecule has 0 rings (SSSR count). The minimum absolute atomic E-state index is 0.0683. The van der Waals surface area contributed by atoms with Crippen LogP contribution in [0.25, 0.3) is 0 Å². The van der Waals surface area contributed by atoms with E-state index < -0.39 is 18.2 Å². The van der Waals surface area contributed by atoms with Crippen molar-refractivity contribution in [3.8, 4) is 0 Å². The second-order valence-electron chi connectivity index (χ2n) is 16.5. The predicted molar refractivity (Wildman–Crippen MR) is 236 cm³/mol. The lowest BCUT2D eigenvalue weighted by molar-refractivity contribution is -0.151. The van der Waals surface area contributed by atoms with E-state index in [4.69, 9.17) is 4.74 Å². The van der Waals surface area contributed by atoms with Crippen LogP contribution in [0.15, 0.2) is 24.3 Å². The Labute approximate surface area is 341 Å². The average Bonchev–Trinajstić information content (AvgIpc) is 3.18. The summed E-state index contributed by atoms with van der Waals surface area (Å²) >= 11 is 0. The maximum Gasteiger partial charge on any atom is 0.306 e. The molecule has 0 aromatic heterocycles. The first-order valence-corrected chi connectivity index (χ1v) is 24.1. The molecule has 0 saturated heterocycles. The molecule has 0 aromatic rings. The number of rotatable bonds is 43. The Bertz CT molecular complexity index is 873. The summed E-state index contributed by atoms with van der Waals surface area (Å²) in [6, 6.07) is -0.700. The number of aliphatic hydroxyl groups is 2. The van der Waals surface area contributed by atoms with Crippen molar-refractivity contribution >= 4 is 11.9 Å². The number of esters is 1. The van der Waals surface area contributed by atoms with Gasteiger partial charge in [-0.25, -0.2) is 0 Å². The first-order valence-electron chi connectivity index (χ1n) is 24.1. The fourth-order valence-electron chi connectivity index (χ4n) is 7.31. The fourth-order valence-corrected chi connectivity index (χ4v) is 7.31. The van der Waals surface area contributed by atoms with Crippen molar-refractivity contribution < 1.29 is 24.5 Å². The van der Waals surface area contributed by atoms with E-state index in [0.717, 1.165) is 77.0 Å². The van der Waals surface area contributed by atoms with Gasteiger partial charge in [0, 0.05) is 6.42 Å². The van der Waals surface area contributed by atoms with Gasteiger partial charge in [-0.2, -0.15) is 0 Å². The molecule has 0 aliphatic heterocycles. The van der Waals surface area contributed by atoms with E-state index in [-0.39, 0.29) is 24.9 Å². The Morgan fingerprint density at radius 1 is 0.509 bits per heavy atom. The minimum atomic E-state index is -0.785. The molecule has 0 aliphatic rings. The Morgan fingerprint density at radius 2 is 0.909 bits per heavy atom. The minimum Gasteiger partial charge on any atom is -0.462 e. The number of nitrogens with one attached hydrogen (secondary N) is 1. The summed E-state index contributed by atoms with van der Waals surface area (Å²) < 4.78 is 5.88. The molecule has 3 N–H and O–H groups in total. The van der Waals surface area contributed by atoms with E-state index in [1.807, 2.05) is 0 Å². The van der Waals surface area contributed by atoms with Crippen LogP contribution in [-0.4, -0.2) is 46.9 Å². The first kappa shape index (κ1) is 53.3. The van der Waals surface area contributed by atoms with E-state index in [9.17, 15) is 19.8 Å². The van der Waals surface area contributed by atoms with Crippen LogP contribution in [0.4, 0.5) is 0 Å². The third-order valence-corrected chi connectivity index (χ3v) is 11.0. The monoisotopic (exact) mass is 776 g/mol. The van der Waals surface area contributed by atoms with Crippen LogP contribution in [0.1, 0.15) is 252 Å². The van der Waals surface area contributed by atoms with Crippen LogP contribution in [0, 0.1) is 0 Å². The highest BCUT2D eigenvalue weighted by molar-refractivity contribution is 5.77. The van der Waals surface area contributed by atoms with Crippen molar-refractivity contribution in [1.29, 1.82) is 0 Å². The van der Waals surface area contributed by atoms with Crippen molar-refractivity contribution in [2.75, 3.05) is 6.61 Å². The van der Waals surface area contributed by atoms with Crippen LogP contribution in [0.5, 0.6) is 0 Å². The van der Waals surface area contributed by atoms with Gasteiger partial charge in [0.1, 0.15) is 6.10 Å². The zero-order valence-electron chi connectivity index (χ0n) is 36.8. The highest BCUT2D eigenvalue weighted by atomic mass is 16.5. The Hall–Kier alpha value is -1.66. The summed E-state index contributed by atoms with van der Waals surface area (Å²) in [5.41, 5.74) is 0. The lowest BCUT2D eigenvalue weighted by Crippen LogP contribution is -2.46. The van der Waals surface area contributed by atoms with Crippen LogP contribution in [-0.2, 0) is 14.3 Å². The van der Waals surface area contributed by atoms with E-state index in [1.54, 1.807) is 0 Å². The van der Waals surface area contributed by atoms with Crippen molar-refractivity contribution in [3.63, 3.8) is 0 Å². The van der Waals surface area contributed by atoms with Gasteiger partial charge < -0.3 is 20.3 Å². The van der Waals surface area contributed by atoms with Gasteiger partial charge in [-0.15, -0.1) is 0 Å². The molecule has 55 heavy (non-hydrogen) atoms. The third kappa shape index (κ3) is 39.0. The van der Waals surface area contributed by atoms with Crippen molar-refractivity contribution in [2.24, 2.45) is 0 Å². The molecule has 6 nitrogen and oxygen atoms in total. The van der Waals surface area contributed by atoms with Gasteiger partial charge in [0.05, 0.1) is 25.2 Å². The summed E-state index contributed by atoms with van der Waals surface area (Å²) in [7, 11) is 0. The number of hydrogen-bond acceptors (Lipinski definition) is 5. The van der Waals surface area contributed by atoms with Gasteiger partial charge in [0.25, 0.3) is 0 Å². The van der Waals surface area contributed by atoms with Crippen molar-refractivity contribution in [3.05, 3.63) is 24.3 Å². The molecule has 0 bridgehead atoms. The lowest BCUT2D eigenvalue weighted by atomic mass is 10.0. The summed E-state index contributed by atoms with van der Waals surface area (Å²) in [6.07, 6.45) is 48.3. The van der Waals surface area contributed by atoms with Crippen LogP contribution < -0.4 is 5.32 Å². The number of carbonyl (C=O) groups excluding carboxylic acids is 2. The van der Waals surface area contributed by atoms with Gasteiger partial charge in [-0.3, -0.25) is 9.59 Å². The van der Waals surface area contributed by atoms with E-state index >= 15 is 0 Å². The molecular weight excluding hydrogens is 683 g/mol. The van der Waals surface area contributed by atoms with Crippen molar-refractivity contribution in [2.45, 2.75) is 270 Å². The van der Waals surface area contributed by atoms with E-state index in [1.165, 1.54) is 128 Å². The maximum atomic E-state index is 13.1. The van der Waals surface area contributed by atoms with Gasteiger partial charge in [-0.1, -0.05) is 193 Å². The molecule has 0 aliphatic carbocycles. The highest BCUT2D eigenvalue weighted by Gasteiger charge is 2.24. The third-order valence-electron chi connectivity index (χ3n) is 11.0. The summed E-state index contributed by atoms with van der Waals surface area (Å²) in [4.78, 5) is 25.9. The number of amides is 1. The molecule has 3 unspecified atom stereocenters. The fraction of sp³-hybridized carbons (Fsp3) is 0.878. The number of aliphatic hydroxyl groups excluding tert-OH is 2.